The zero-order valence-corrected chi connectivity index (χ0v) is 17.2. The Morgan fingerprint density at radius 3 is 2.30 bits per heavy atom. The fourth-order valence-electron chi connectivity index (χ4n) is 2.60. The third-order valence-corrected chi connectivity index (χ3v) is 5.61. The molecule has 1 aromatic heterocycles. The van der Waals surface area contributed by atoms with Gasteiger partial charge >= 0.3 is 0 Å². The van der Waals surface area contributed by atoms with Gasteiger partial charge in [-0.1, -0.05) is 35.9 Å². The van der Waals surface area contributed by atoms with E-state index in [4.69, 9.17) is 0 Å². The summed E-state index contributed by atoms with van der Waals surface area (Å²) in [6.45, 7) is 1.84. The highest BCUT2D eigenvalue weighted by atomic mass is 32.2. The molecule has 154 valence electrons. The largest absolute Gasteiger partial charge is 0.349 e. The van der Waals surface area contributed by atoms with Gasteiger partial charge < -0.3 is 4.57 Å². The molecule has 2 aromatic carbocycles. The molecule has 0 fully saturated rings. The monoisotopic (exact) mass is 424 g/mol. The molecule has 9 heteroatoms. The lowest BCUT2D eigenvalue weighted by molar-refractivity contribution is 0.0952. The summed E-state index contributed by atoms with van der Waals surface area (Å²) in [5, 5.41) is 3.89. The number of aromatic nitrogens is 1. The molecule has 30 heavy (non-hydrogen) atoms. The number of nitrogens with zero attached hydrogens (tertiary/aromatic N) is 2. The number of amides is 2. The van der Waals surface area contributed by atoms with Gasteiger partial charge in [-0.05, 0) is 37.3 Å². The topological polar surface area (TPSA) is 110 Å². The molecular weight excluding hydrogens is 404 g/mol. The van der Waals surface area contributed by atoms with Gasteiger partial charge in [0.05, 0.1) is 22.4 Å². The van der Waals surface area contributed by atoms with Crippen molar-refractivity contribution in [2.75, 3.05) is 0 Å². The minimum Gasteiger partial charge on any atom is -0.349 e. The summed E-state index contributed by atoms with van der Waals surface area (Å²) in [6, 6.07) is 16.2. The SMILES string of the molecule is Cc1ccc(S(=O)(=O)NC(=O)c2cc(C=NNC(=O)c3ccccc3)n(C)c2)cc1. The van der Waals surface area contributed by atoms with Gasteiger partial charge in [-0.3, -0.25) is 9.59 Å². The lowest BCUT2D eigenvalue weighted by Crippen LogP contribution is -2.30. The highest BCUT2D eigenvalue weighted by Gasteiger charge is 2.20. The molecule has 0 aliphatic heterocycles. The van der Waals surface area contributed by atoms with Crippen LogP contribution < -0.4 is 10.1 Å². The molecular formula is C21H20N4O4S. The van der Waals surface area contributed by atoms with Crippen molar-refractivity contribution in [3.05, 3.63) is 89.2 Å². The summed E-state index contributed by atoms with van der Waals surface area (Å²) in [5.41, 5.74) is 4.41. The van der Waals surface area contributed by atoms with Crippen LogP contribution in [0.25, 0.3) is 0 Å². The van der Waals surface area contributed by atoms with Crippen molar-refractivity contribution < 1.29 is 18.0 Å². The number of hydrogen-bond acceptors (Lipinski definition) is 5. The highest BCUT2D eigenvalue weighted by molar-refractivity contribution is 7.90. The van der Waals surface area contributed by atoms with E-state index in [1.165, 1.54) is 30.6 Å². The number of nitrogens with one attached hydrogen (secondary N) is 2. The molecule has 0 atom stereocenters. The fourth-order valence-corrected chi connectivity index (χ4v) is 3.58. The van der Waals surface area contributed by atoms with Gasteiger partial charge in [0, 0.05) is 18.8 Å². The van der Waals surface area contributed by atoms with Crippen LogP contribution in [0.3, 0.4) is 0 Å². The summed E-state index contributed by atoms with van der Waals surface area (Å²) >= 11 is 0. The number of sulfonamides is 1. The molecule has 8 nitrogen and oxygen atoms in total. The molecule has 0 unspecified atom stereocenters. The van der Waals surface area contributed by atoms with Gasteiger partial charge in [-0.25, -0.2) is 18.6 Å². The Hall–Kier alpha value is -3.72. The first kappa shape index (κ1) is 21.0. The van der Waals surface area contributed by atoms with Crippen molar-refractivity contribution in [1.82, 2.24) is 14.7 Å². The van der Waals surface area contributed by atoms with E-state index in [-0.39, 0.29) is 16.4 Å². The van der Waals surface area contributed by atoms with Gasteiger partial charge in [-0.2, -0.15) is 5.10 Å². The summed E-state index contributed by atoms with van der Waals surface area (Å²) in [6.07, 6.45) is 2.84. The Bertz CT molecular complexity index is 1200. The number of aryl methyl sites for hydroxylation is 2. The van der Waals surface area contributed by atoms with E-state index < -0.39 is 15.9 Å². The number of benzene rings is 2. The van der Waals surface area contributed by atoms with Crippen LogP contribution in [0.15, 0.2) is 76.9 Å². The Morgan fingerprint density at radius 2 is 1.63 bits per heavy atom. The summed E-state index contributed by atoms with van der Waals surface area (Å²) in [7, 11) is -2.31. The van der Waals surface area contributed by atoms with Crippen molar-refractivity contribution in [2.45, 2.75) is 11.8 Å². The van der Waals surface area contributed by atoms with Crippen molar-refractivity contribution in [1.29, 1.82) is 0 Å². The molecule has 3 rings (SSSR count). The molecule has 0 radical (unpaired) electrons. The third-order valence-electron chi connectivity index (χ3n) is 4.26. The zero-order valence-electron chi connectivity index (χ0n) is 16.4. The van der Waals surface area contributed by atoms with Crippen LogP contribution >= 0.6 is 0 Å². The highest BCUT2D eigenvalue weighted by Crippen LogP contribution is 2.12. The predicted octanol–water partition coefficient (Wildman–Crippen LogP) is 2.22. The fraction of sp³-hybridized carbons (Fsp3) is 0.0952. The van der Waals surface area contributed by atoms with E-state index in [1.54, 1.807) is 54.1 Å². The van der Waals surface area contributed by atoms with Crippen molar-refractivity contribution in [2.24, 2.45) is 12.1 Å². The molecule has 3 aromatic rings. The third kappa shape index (κ3) is 5.00. The lowest BCUT2D eigenvalue weighted by atomic mass is 10.2. The smallest absolute Gasteiger partial charge is 0.271 e. The Morgan fingerprint density at radius 1 is 0.967 bits per heavy atom. The van der Waals surface area contributed by atoms with Crippen LogP contribution in [0, 0.1) is 6.92 Å². The molecule has 2 amide bonds. The second-order valence-corrected chi connectivity index (χ2v) is 8.26. The number of rotatable bonds is 6. The van der Waals surface area contributed by atoms with Crippen LogP contribution in [-0.2, 0) is 17.1 Å². The maximum atomic E-state index is 12.4. The van der Waals surface area contributed by atoms with E-state index >= 15 is 0 Å². The minimum absolute atomic E-state index is 0.00258. The molecule has 0 spiro atoms. The predicted molar refractivity (Wildman–Crippen MR) is 113 cm³/mol. The zero-order chi connectivity index (χ0) is 21.7. The van der Waals surface area contributed by atoms with Gasteiger partial charge in [0.15, 0.2) is 0 Å². The quantitative estimate of drug-likeness (QED) is 0.467. The molecule has 0 bridgehead atoms. The maximum absolute atomic E-state index is 12.4. The van der Waals surface area contributed by atoms with E-state index in [9.17, 15) is 18.0 Å². The van der Waals surface area contributed by atoms with E-state index in [0.717, 1.165) is 5.56 Å². The number of hydrogen-bond donors (Lipinski definition) is 2. The van der Waals surface area contributed by atoms with E-state index in [0.29, 0.717) is 11.3 Å². The summed E-state index contributed by atoms with van der Waals surface area (Å²) in [4.78, 5) is 24.4. The first-order valence-electron chi connectivity index (χ1n) is 8.95. The lowest BCUT2D eigenvalue weighted by Gasteiger charge is -2.06. The molecule has 1 heterocycles. The minimum atomic E-state index is -3.99. The Labute approximate surface area is 174 Å². The Balaban J connectivity index is 1.68. The van der Waals surface area contributed by atoms with Gasteiger partial charge in [0.2, 0.25) is 0 Å². The van der Waals surface area contributed by atoms with Crippen molar-refractivity contribution >= 4 is 28.1 Å². The number of carbonyl (C=O) groups is 2. The second kappa shape index (κ2) is 8.75. The van der Waals surface area contributed by atoms with Crippen molar-refractivity contribution in [3.63, 3.8) is 0 Å². The van der Waals surface area contributed by atoms with Crippen molar-refractivity contribution in [3.8, 4) is 0 Å². The number of hydrazone groups is 1. The van der Waals surface area contributed by atoms with E-state index in [2.05, 4.69) is 15.2 Å². The van der Waals surface area contributed by atoms with Crippen LogP contribution in [0.2, 0.25) is 0 Å². The van der Waals surface area contributed by atoms with E-state index in [1.807, 2.05) is 6.92 Å². The average molecular weight is 424 g/mol. The first-order chi connectivity index (χ1) is 14.3. The first-order valence-corrected chi connectivity index (χ1v) is 10.4. The molecule has 0 saturated heterocycles. The van der Waals surface area contributed by atoms with Gasteiger partial charge in [0.1, 0.15) is 0 Å². The van der Waals surface area contributed by atoms with Crippen LogP contribution in [-0.4, -0.2) is 31.0 Å². The van der Waals surface area contributed by atoms with Crippen LogP contribution in [0.5, 0.6) is 0 Å². The molecule has 0 saturated carbocycles. The van der Waals surface area contributed by atoms with Crippen LogP contribution in [0.1, 0.15) is 32.0 Å². The average Bonchev–Trinajstić information content (AvgIpc) is 3.09. The summed E-state index contributed by atoms with van der Waals surface area (Å²) < 4.78 is 28.4. The Kier molecular flexibility index (Phi) is 6.12. The molecule has 2 N–H and O–H groups in total. The van der Waals surface area contributed by atoms with Crippen LogP contribution in [0.4, 0.5) is 0 Å². The molecule has 0 aliphatic carbocycles. The molecule has 0 aliphatic rings. The second-order valence-electron chi connectivity index (χ2n) is 6.58. The number of carbonyl (C=O) groups excluding carboxylic acids is 2. The maximum Gasteiger partial charge on any atom is 0.271 e. The van der Waals surface area contributed by atoms with Gasteiger partial charge in [0.25, 0.3) is 21.8 Å². The normalized spacial score (nSPS) is 11.4. The standard InChI is InChI=1S/C21H20N4O4S/c1-15-8-10-19(11-9-15)30(28,29)24-21(27)17-12-18(25(2)14-17)13-22-23-20(26)16-6-4-3-5-7-16/h3-14H,1-2H3,(H,23,26)(H,24,27). The van der Waals surface area contributed by atoms with Gasteiger partial charge in [-0.15, -0.1) is 0 Å². The summed E-state index contributed by atoms with van der Waals surface area (Å²) in [5.74, 6) is -1.14.